The first-order valence-corrected chi connectivity index (χ1v) is 6.64. The molecule has 0 aliphatic heterocycles. The third-order valence-corrected chi connectivity index (χ3v) is 3.44. The van der Waals surface area contributed by atoms with Gasteiger partial charge < -0.3 is 9.14 Å². The Labute approximate surface area is 112 Å². The molecule has 3 heteroatoms. The van der Waals surface area contributed by atoms with Crippen molar-refractivity contribution in [3.63, 3.8) is 0 Å². The Morgan fingerprint density at radius 2 is 1.84 bits per heavy atom. The highest BCUT2D eigenvalue weighted by Crippen LogP contribution is 2.29. The highest BCUT2D eigenvalue weighted by Gasteiger charge is 2.26. The molecule has 0 unspecified atom stereocenters. The minimum Gasteiger partial charge on any atom is -0.369 e. The molecule has 0 fully saturated rings. The fraction of sp³-hybridized carbons (Fsp3) is 0.312. The summed E-state index contributed by atoms with van der Waals surface area (Å²) in [5.74, 6) is 0. The maximum Gasteiger partial charge on any atom is 0.106 e. The Morgan fingerprint density at radius 1 is 1.11 bits per heavy atom. The highest BCUT2D eigenvalue weighted by atomic mass is 16.5. The van der Waals surface area contributed by atoms with Gasteiger partial charge in [-0.25, -0.2) is 4.98 Å². The van der Waals surface area contributed by atoms with Crippen molar-refractivity contribution in [2.24, 2.45) is 0 Å². The standard InChI is InChI=1S/C16H18N2O/c1-4-19-16(2,3)15-14-10-7-11-18(14)13-9-6-5-8-12(13)17-15/h5-11H,4H2,1-3H3. The number of hydrogen-bond donors (Lipinski definition) is 0. The molecule has 3 aromatic rings. The quantitative estimate of drug-likeness (QED) is 0.711. The summed E-state index contributed by atoms with van der Waals surface area (Å²) < 4.78 is 8.04. The molecule has 2 aromatic heterocycles. The van der Waals surface area contributed by atoms with Crippen LogP contribution in [0.2, 0.25) is 0 Å². The molecule has 98 valence electrons. The molecular formula is C16H18N2O. The first kappa shape index (κ1) is 12.2. The third-order valence-electron chi connectivity index (χ3n) is 3.44. The zero-order valence-corrected chi connectivity index (χ0v) is 11.6. The Kier molecular flexibility index (Phi) is 2.79. The fourth-order valence-electron chi connectivity index (χ4n) is 2.60. The minimum atomic E-state index is -0.390. The number of rotatable bonds is 3. The molecule has 0 radical (unpaired) electrons. The van der Waals surface area contributed by atoms with Crippen LogP contribution in [0.1, 0.15) is 26.5 Å². The molecule has 19 heavy (non-hydrogen) atoms. The van der Waals surface area contributed by atoms with E-state index < -0.39 is 5.60 Å². The summed E-state index contributed by atoms with van der Waals surface area (Å²) in [7, 11) is 0. The van der Waals surface area contributed by atoms with E-state index in [0.29, 0.717) is 6.61 Å². The molecule has 0 aliphatic rings. The average molecular weight is 254 g/mol. The fourth-order valence-corrected chi connectivity index (χ4v) is 2.60. The van der Waals surface area contributed by atoms with Gasteiger partial charge in [0.1, 0.15) is 5.60 Å². The highest BCUT2D eigenvalue weighted by molar-refractivity contribution is 5.80. The number of nitrogens with zero attached hydrogens (tertiary/aromatic N) is 2. The van der Waals surface area contributed by atoms with Gasteiger partial charge in [0, 0.05) is 12.8 Å². The van der Waals surface area contributed by atoms with Crippen molar-refractivity contribution in [2.45, 2.75) is 26.4 Å². The second-order valence-corrected chi connectivity index (χ2v) is 5.16. The molecule has 0 saturated heterocycles. The molecular weight excluding hydrogens is 236 g/mol. The Morgan fingerprint density at radius 3 is 2.63 bits per heavy atom. The SMILES string of the molecule is CCOC(C)(C)c1nc2ccccc2n2cccc12. The van der Waals surface area contributed by atoms with Crippen LogP contribution in [0.4, 0.5) is 0 Å². The molecule has 0 bridgehead atoms. The Bertz CT molecular complexity index is 728. The lowest BCUT2D eigenvalue weighted by Gasteiger charge is -2.25. The minimum absolute atomic E-state index is 0.390. The molecule has 0 saturated carbocycles. The normalized spacial score (nSPS) is 12.4. The van der Waals surface area contributed by atoms with Crippen LogP contribution >= 0.6 is 0 Å². The zero-order chi connectivity index (χ0) is 13.5. The molecule has 0 N–H and O–H groups in total. The van der Waals surface area contributed by atoms with E-state index in [1.807, 2.05) is 25.1 Å². The van der Waals surface area contributed by atoms with Gasteiger partial charge in [-0.2, -0.15) is 0 Å². The van der Waals surface area contributed by atoms with Crippen LogP contribution in [0, 0.1) is 0 Å². The zero-order valence-electron chi connectivity index (χ0n) is 11.6. The summed E-state index contributed by atoms with van der Waals surface area (Å²) in [5, 5.41) is 0. The molecule has 1 aromatic carbocycles. The molecule has 3 rings (SSSR count). The number of benzene rings is 1. The van der Waals surface area contributed by atoms with Gasteiger partial charge in [0.25, 0.3) is 0 Å². The smallest absolute Gasteiger partial charge is 0.106 e. The van der Waals surface area contributed by atoms with Crippen molar-refractivity contribution in [1.82, 2.24) is 9.38 Å². The van der Waals surface area contributed by atoms with Crippen molar-refractivity contribution in [3.8, 4) is 0 Å². The largest absolute Gasteiger partial charge is 0.369 e. The maximum absolute atomic E-state index is 5.87. The van der Waals surface area contributed by atoms with Crippen molar-refractivity contribution in [3.05, 3.63) is 48.3 Å². The van der Waals surface area contributed by atoms with E-state index in [1.54, 1.807) is 0 Å². The van der Waals surface area contributed by atoms with Gasteiger partial charge in [-0.05, 0) is 45.0 Å². The van der Waals surface area contributed by atoms with Crippen molar-refractivity contribution < 1.29 is 4.74 Å². The van der Waals surface area contributed by atoms with Gasteiger partial charge in [-0.1, -0.05) is 12.1 Å². The number of aromatic nitrogens is 2. The van der Waals surface area contributed by atoms with Crippen LogP contribution in [0.15, 0.2) is 42.6 Å². The molecule has 0 spiro atoms. The molecule has 0 amide bonds. The first-order valence-electron chi connectivity index (χ1n) is 6.64. The van der Waals surface area contributed by atoms with Crippen LogP contribution in [-0.4, -0.2) is 16.0 Å². The van der Waals surface area contributed by atoms with Gasteiger partial charge in [0.15, 0.2) is 0 Å². The lowest BCUT2D eigenvalue weighted by molar-refractivity contribution is -0.0160. The van der Waals surface area contributed by atoms with Gasteiger partial charge in [0.2, 0.25) is 0 Å². The van der Waals surface area contributed by atoms with E-state index >= 15 is 0 Å². The Balaban J connectivity index is 2.36. The van der Waals surface area contributed by atoms with E-state index in [9.17, 15) is 0 Å². The third kappa shape index (κ3) is 1.90. The van der Waals surface area contributed by atoms with E-state index in [0.717, 1.165) is 22.2 Å². The number of ether oxygens (including phenoxy) is 1. The van der Waals surface area contributed by atoms with Crippen LogP contribution < -0.4 is 0 Å². The maximum atomic E-state index is 5.87. The van der Waals surface area contributed by atoms with E-state index in [1.165, 1.54) is 0 Å². The van der Waals surface area contributed by atoms with Crippen LogP contribution in [0.25, 0.3) is 16.6 Å². The summed E-state index contributed by atoms with van der Waals surface area (Å²) >= 11 is 0. The summed E-state index contributed by atoms with van der Waals surface area (Å²) in [6.07, 6.45) is 2.07. The van der Waals surface area contributed by atoms with Gasteiger partial charge in [-0.15, -0.1) is 0 Å². The summed E-state index contributed by atoms with van der Waals surface area (Å²) in [5.41, 5.74) is 3.82. The lowest BCUT2D eigenvalue weighted by Crippen LogP contribution is -2.24. The Hall–Kier alpha value is -1.87. The first-order chi connectivity index (χ1) is 9.13. The number of fused-ring (bicyclic) bond motifs is 3. The second kappa shape index (κ2) is 4.35. The molecule has 2 heterocycles. The predicted molar refractivity (Wildman–Crippen MR) is 77.4 cm³/mol. The monoisotopic (exact) mass is 254 g/mol. The van der Waals surface area contributed by atoms with E-state index in [2.05, 4.69) is 42.6 Å². The van der Waals surface area contributed by atoms with Crippen LogP contribution in [0.3, 0.4) is 0 Å². The van der Waals surface area contributed by atoms with Crippen LogP contribution in [-0.2, 0) is 10.3 Å². The van der Waals surface area contributed by atoms with Gasteiger partial charge >= 0.3 is 0 Å². The predicted octanol–water partition coefficient (Wildman–Crippen LogP) is 3.76. The summed E-state index contributed by atoms with van der Waals surface area (Å²) in [6, 6.07) is 12.3. The van der Waals surface area contributed by atoms with Crippen LogP contribution in [0.5, 0.6) is 0 Å². The lowest BCUT2D eigenvalue weighted by atomic mass is 10.0. The second-order valence-electron chi connectivity index (χ2n) is 5.16. The molecule has 3 nitrogen and oxygen atoms in total. The summed E-state index contributed by atoms with van der Waals surface area (Å²) in [4.78, 5) is 4.82. The van der Waals surface area contributed by atoms with Gasteiger partial charge in [-0.3, -0.25) is 0 Å². The van der Waals surface area contributed by atoms with Crippen molar-refractivity contribution >= 4 is 16.6 Å². The van der Waals surface area contributed by atoms with Crippen molar-refractivity contribution in [2.75, 3.05) is 6.61 Å². The number of hydrogen-bond acceptors (Lipinski definition) is 2. The molecule has 0 aliphatic carbocycles. The van der Waals surface area contributed by atoms with Crippen molar-refractivity contribution in [1.29, 1.82) is 0 Å². The number of para-hydroxylation sites is 2. The summed E-state index contributed by atoms with van der Waals surface area (Å²) in [6.45, 7) is 6.83. The van der Waals surface area contributed by atoms with E-state index in [-0.39, 0.29) is 0 Å². The van der Waals surface area contributed by atoms with Gasteiger partial charge in [0.05, 0.1) is 22.2 Å². The molecule has 0 atom stereocenters. The average Bonchev–Trinajstić information content (AvgIpc) is 2.87. The van der Waals surface area contributed by atoms with E-state index in [4.69, 9.17) is 9.72 Å². The topological polar surface area (TPSA) is 26.5 Å².